The van der Waals surface area contributed by atoms with Gasteiger partial charge in [0.05, 0.1) is 28.1 Å². The Kier molecular flexibility index (Phi) is 10.3. The molecule has 354 valence electrons. The smallest absolute Gasteiger partial charge is 0.252 e. The molecule has 0 N–H and O–H groups in total. The summed E-state index contributed by atoms with van der Waals surface area (Å²) in [6.07, 6.45) is 0. The summed E-state index contributed by atoms with van der Waals surface area (Å²) < 4.78 is 2.46. The fourth-order valence-corrected chi connectivity index (χ4v) is 12.6. The van der Waals surface area contributed by atoms with Gasteiger partial charge in [0.15, 0.2) is 0 Å². The van der Waals surface area contributed by atoms with Crippen molar-refractivity contribution in [1.82, 2.24) is 4.57 Å². The molecule has 15 rings (SSSR count). The number of rotatable bonds is 8. The van der Waals surface area contributed by atoms with Crippen molar-refractivity contribution >= 4 is 79.0 Å². The zero-order valence-electron chi connectivity index (χ0n) is 41.6. The molecule has 3 heterocycles. The summed E-state index contributed by atoms with van der Waals surface area (Å²) in [6.45, 7) is -0.134. The number of benzene rings is 12. The van der Waals surface area contributed by atoms with Gasteiger partial charge in [-0.2, -0.15) is 0 Å². The second-order valence-electron chi connectivity index (χ2n) is 19.9. The minimum Gasteiger partial charge on any atom is -0.310 e. The summed E-state index contributed by atoms with van der Waals surface area (Å²) in [5.74, 6) is 0. The molecular formula is C72H48BN3. The van der Waals surface area contributed by atoms with Gasteiger partial charge in [-0.05, 0) is 92.2 Å². The molecule has 0 aliphatic carbocycles. The zero-order chi connectivity index (χ0) is 50.1. The van der Waals surface area contributed by atoms with Crippen molar-refractivity contribution in [2.75, 3.05) is 9.80 Å². The van der Waals surface area contributed by atoms with E-state index in [0.717, 1.165) is 73.0 Å². The van der Waals surface area contributed by atoms with Crippen molar-refractivity contribution in [2.24, 2.45) is 0 Å². The van der Waals surface area contributed by atoms with Gasteiger partial charge in [0, 0.05) is 55.8 Å². The minimum absolute atomic E-state index is 0.134. The minimum atomic E-state index is -0.134. The summed E-state index contributed by atoms with van der Waals surface area (Å²) in [5, 5.41) is 2.43. The highest BCUT2D eigenvalue weighted by Crippen LogP contribution is 2.54. The molecule has 0 saturated carbocycles. The van der Waals surface area contributed by atoms with Crippen molar-refractivity contribution in [3.63, 3.8) is 0 Å². The summed E-state index contributed by atoms with van der Waals surface area (Å²) >= 11 is 0. The van der Waals surface area contributed by atoms with Crippen LogP contribution in [0, 0.1) is 0 Å². The van der Waals surface area contributed by atoms with E-state index in [9.17, 15) is 0 Å². The molecular weight excluding hydrogens is 918 g/mol. The Bertz CT molecular complexity index is 4210. The molecule has 0 saturated heterocycles. The lowest BCUT2D eigenvalue weighted by Crippen LogP contribution is -2.61. The van der Waals surface area contributed by atoms with E-state index in [-0.39, 0.29) is 6.71 Å². The molecule has 13 aromatic rings. The summed E-state index contributed by atoms with van der Waals surface area (Å²) in [5.41, 5.74) is 25.9. The standard InChI is InChI=1S/C72H48BN3/c1-7-24-49(25-8-1)54-44-45-61-67(48-54)75(70-56(50-26-9-2-10-27-50)37-21-38-57(70)51-28-11-3-12-29-51)65-42-23-43-66-69(65)73(61)62-46-47-64-68(60-36-19-20-41-63(60)74(64)55-34-17-6-18-35-55)72(62)76(66)71-58(52-30-13-4-14-31-52)39-22-40-59(71)53-32-15-5-16-33-53/h1-48H. The summed E-state index contributed by atoms with van der Waals surface area (Å²) in [6, 6.07) is 107. The topological polar surface area (TPSA) is 11.4 Å². The average Bonchev–Trinajstić information content (AvgIpc) is 4.04. The SMILES string of the molecule is c1ccc(-c2ccc3c(c2)N(c2c(-c4ccccc4)cccc2-c2ccccc2)c2cccc4c2B3c2ccc3c(c2N4c2c(-c4ccccc4)cccc2-c2ccccc2)c2ccccc2n3-c2ccccc2)cc1. The number of hydrogen-bond donors (Lipinski definition) is 0. The number of anilines is 6. The van der Waals surface area contributed by atoms with Gasteiger partial charge in [0.25, 0.3) is 6.71 Å². The Hall–Kier alpha value is -9.90. The van der Waals surface area contributed by atoms with E-state index in [4.69, 9.17) is 0 Å². The number of nitrogens with zero attached hydrogens (tertiary/aromatic N) is 3. The number of hydrogen-bond acceptors (Lipinski definition) is 2. The summed E-state index contributed by atoms with van der Waals surface area (Å²) in [4.78, 5) is 5.29. The van der Waals surface area contributed by atoms with Crippen molar-refractivity contribution < 1.29 is 0 Å². The first-order valence-corrected chi connectivity index (χ1v) is 26.3. The number of para-hydroxylation sites is 4. The van der Waals surface area contributed by atoms with Gasteiger partial charge in [0.2, 0.25) is 0 Å². The normalized spacial score (nSPS) is 12.4. The van der Waals surface area contributed by atoms with Crippen LogP contribution in [0.25, 0.3) is 83.1 Å². The predicted molar refractivity (Wildman–Crippen MR) is 322 cm³/mol. The van der Waals surface area contributed by atoms with Crippen LogP contribution < -0.4 is 26.2 Å². The van der Waals surface area contributed by atoms with Crippen molar-refractivity contribution in [3.05, 3.63) is 291 Å². The zero-order valence-corrected chi connectivity index (χ0v) is 41.6. The third-order valence-electron chi connectivity index (χ3n) is 15.8. The fourth-order valence-electron chi connectivity index (χ4n) is 12.6. The maximum atomic E-state index is 2.67. The van der Waals surface area contributed by atoms with Gasteiger partial charge in [0.1, 0.15) is 0 Å². The van der Waals surface area contributed by atoms with Crippen LogP contribution in [-0.2, 0) is 0 Å². The fraction of sp³-hybridized carbons (Fsp3) is 0. The molecule has 3 nitrogen and oxygen atoms in total. The molecule has 0 amide bonds. The van der Waals surface area contributed by atoms with Crippen LogP contribution in [0.15, 0.2) is 291 Å². The van der Waals surface area contributed by atoms with E-state index in [1.807, 2.05) is 0 Å². The lowest BCUT2D eigenvalue weighted by Gasteiger charge is -2.46. The first-order valence-electron chi connectivity index (χ1n) is 26.3. The molecule has 1 aromatic heterocycles. The molecule has 76 heavy (non-hydrogen) atoms. The first kappa shape index (κ1) is 43.7. The molecule has 0 fully saturated rings. The van der Waals surface area contributed by atoms with Crippen LogP contribution >= 0.6 is 0 Å². The van der Waals surface area contributed by atoms with E-state index >= 15 is 0 Å². The van der Waals surface area contributed by atoms with Gasteiger partial charge in [-0.3, -0.25) is 0 Å². The van der Waals surface area contributed by atoms with E-state index < -0.39 is 0 Å². The van der Waals surface area contributed by atoms with E-state index in [1.165, 1.54) is 60.6 Å². The predicted octanol–water partition coefficient (Wildman–Crippen LogP) is 17.2. The van der Waals surface area contributed by atoms with Crippen molar-refractivity contribution in [1.29, 1.82) is 0 Å². The van der Waals surface area contributed by atoms with Gasteiger partial charge in [-0.1, -0.05) is 249 Å². The second-order valence-corrected chi connectivity index (χ2v) is 19.9. The second kappa shape index (κ2) is 17.9. The molecule has 0 unspecified atom stereocenters. The Labute approximate surface area is 443 Å². The van der Waals surface area contributed by atoms with Crippen LogP contribution in [0.1, 0.15) is 0 Å². The Morgan fingerprint density at radius 3 is 1.24 bits per heavy atom. The third-order valence-corrected chi connectivity index (χ3v) is 15.8. The van der Waals surface area contributed by atoms with E-state index in [1.54, 1.807) is 0 Å². The highest BCUT2D eigenvalue weighted by molar-refractivity contribution is 7.00. The highest BCUT2D eigenvalue weighted by Gasteiger charge is 2.46. The lowest BCUT2D eigenvalue weighted by atomic mass is 9.33. The number of aromatic nitrogens is 1. The highest BCUT2D eigenvalue weighted by atomic mass is 15.2. The Morgan fingerprint density at radius 1 is 0.263 bits per heavy atom. The largest absolute Gasteiger partial charge is 0.310 e. The molecule has 0 bridgehead atoms. The maximum Gasteiger partial charge on any atom is 0.252 e. The van der Waals surface area contributed by atoms with E-state index in [2.05, 4.69) is 306 Å². The van der Waals surface area contributed by atoms with Crippen molar-refractivity contribution in [2.45, 2.75) is 0 Å². The van der Waals surface area contributed by atoms with Crippen LogP contribution in [0.5, 0.6) is 0 Å². The van der Waals surface area contributed by atoms with Crippen LogP contribution in [0.2, 0.25) is 0 Å². The Balaban J connectivity index is 1.12. The quantitative estimate of drug-likeness (QED) is 0.141. The van der Waals surface area contributed by atoms with Gasteiger partial charge < -0.3 is 14.4 Å². The molecule has 0 atom stereocenters. The molecule has 4 heteroatoms. The van der Waals surface area contributed by atoms with Crippen LogP contribution in [0.4, 0.5) is 34.1 Å². The maximum absolute atomic E-state index is 2.67. The molecule has 2 aliphatic rings. The lowest BCUT2D eigenvalue weighted by molar-refractivity contribution is 1.18. The van der Waals surface area contributed by atoms with Crippen LogP contribution in [-0.4, -0.2) is 11.3 Å². The molecule has 12 aromatic carbocycles. The van der Waals surface area contributed by atoms with Crippen molar-refractivity contribution in [3.8, 4) is 61.3 Å². The monoisotopic (exact) mass is 965 g/mol. The average molecular weight is 966 g/mol. The molecule has 0 spiro atoms. The van der Waals surface area contributed by atoms with Gasteiger partial charge in [-0.15, -0.1) is 0 Å². The van der Waals surface area contributed by atoms with E-state index in [0.29, 0.717) is 0 Å². The Morgan fingerprint density at radius 2 is 0.697 bits per heavy atom. The molecule has 0 radical (unpaired) electrons. The van der Waals surface area contributed by atoms with Gasteiger partial charge >= 0.3 is 0 Å². The number of fused-ring (bicyclic) bond motifs is 8. The molecule has 2 aliphatic heterocycles. The summed E-state index contributed by atoms with van der Waals surface area (Å²) in [7, 11) is 0. The van der Waals surface area contributed by atoms with Crippen LogP contribution in [0.3, 0.4) is 0 Å². The third kappa shape index (κ3) is 6.85. The van der Waals surface area contributed by atoms with Gasteiger partial charge in [-0.25, -0.2) is 0 Å². The first-order chi connectivity index (χ1) is 37.8.